The highest BCUT2D eigenvalue weighted by Crippen LogP contribution is 2.41. The molecule has 1 amide bonds. The molecular formula is C30H22BrClN2O3S. The average Bonchev–Trinajstić information content (AvgIpc) is 3.23. The number of methoxy groups -OCH3 is 1. The maximum atomic E-state index is 13.6. The Labute approximate surface area is 238 Å². The van der Waals surface area contributed by atoms with Crippen LogP contribution in [-0.2, 0) is 11.4 Å². The molecule has 0 radical (unpaired) electrons. The average molecular weight is 606 g/mol. The van der Waals surface area contributed by atoms with E-state index in [2.05, 4.69) is 15.9 Å². The smallest absolute Gasteiger partial charge is 0.271 e. The minimum Gasteiger partial charge on any atom is -0.493 e. The van der Waals surface area contributed by atoms with E-state index in [-0.39, 0.29) is 5.91 Å². The van der Waals surface area contributed by atoms with Crippen molar-refractivity contribution < 1.29 is 14.3 Å². The fourth-order valence-corrected chi connectivity index (χ4v) is 5.52. The van der Waals surface area contributed by atoms with Crippen LogP contribution in [0.25, 0.3) is 6.08 Å². The van der Waals surface area contributed by atoms with Gasteiger partial charge in [-0.3, -0.25) is 9.69 Å². The van der Waals surface area contributed by atoms with Gasteiger partial charge in [0.1, 0.15) is 6.61 Å². The monoisotopic (exact) mass is 604 g/mol. The van der Waals surface area contributed by atoms with Crippen LogP contribution < -0.4 is 14.4 Å². The largest absolute Gasteiger partial charge is 0.493 e. The van der Waals surface area contributed by atoms with Crippen molar-refractivity contribution in [1.29, 1.82) is 0 Å². The van der Waals surface area contributed by atoms with Crippen LogP contribution >= 0.6 is 39.3 Å². The second-order valence-corrected chi connectivity index (χ2v) is 10.6. The van der Waals surface area contributed by atoms with Crippen LogP contribution in [0, 0.1) is 0 Å². The summed E-state index contributed by atoms with van der Waals surface area (Å²) < 4.78 is 12.4. The summed E-state index contributed by atoms with van der Waals surface area (Å²) in [5.74, 6) is 0.981. The van der Waals surface area contributed by atoms with Crippen LogP contribution in [-0.4, -0.2) is 18.2 Å². The molecule has 0 saturated carbocycles. The van der Waals surface area contributed by atoms with Crippen LogP contribution in [0.2, 0.25) is 5.02 Å². The van der Waals surface area contributed by atoms with Gasteiger partial charge >= 0.3 is 0 Å². The Bertz CT molecular complexity index is 1510. The molecule has 0 atom stereocenters. The first kappa shape index (κ1) is 26.1. The highest BCUT2D eigenvalue weighted by Gasteiger charge is 2.34. The summed E-state index contributed by atoms with van der Waals surface area (Å²) in [7, 11) is 1.59. The Balaban J connectivity index is 1.45. The molecular weight excluding hydrogens is 584 g/mol. The van der Waals surface area contributed by atoms with E-state index in [4.69, 9.17) is 26.1 Å². The van der Waals surface area contributed by atoms with Crippen LogP contribution in [0.15, 0.2) is 111 Å². The number of aliphatic imine (C=N–C) groups is 1. The van der Waals surface area contributed by atoms with Crippen LogP contribution in [0.3, 0.4) is 0 Å². The number of ether oxygens (including phenoxy) is 2. The number of anilines is 1. The minimum absolute atomic E-state index is 0.144. The number of nitrogens with zero attached hydrogens (tertiary/aromatic N) is 2. The lowest BCUT2D eigenvalue weighted by atomic mass is 10.1. The van der Waals surface area contributed by atoms with Gasteiger partial charge < -0.3 is 9.47 Å². The molecule has 0 unspecified atom stereocenters. The molecule has 1 heterocycles. The molecule has 0 N–H and O–H groups in total. The van der Waals surface area contributed by atoms with Crippen molar-refractivity contribution in [1.82, 2.24) is 0 Å². The van der Waals surface area contributed by atoms with Gasteiger partial charge in [-0.2, -0.15) is 0 Å². The molecule has 4 aromatic carbocycles. The fourth-order valence-electron chi connectivity index (χ4n) is 3.82. The van der Waals surface area contributed by atoms with Gasteiger partial charge in [0.15, 0.2) is 16.7 Å². The number of benzene rings is 4. The van der Waals surface area contributed by atoms with Gasteiger partial charge in [-0.1, -0.05) is 60.1 Å². The molecule has 190 valence electrons. The molecule has 0 spiro atoms. The molecule has 0 bridgehead atoms. The van der Waals surface area contributed by atoms with Crippen molar-refractivity contribution in [2.75, 3.05) is 12.0 Å². The van der Waals surface area contributed by atoms with E-state index < -0.39 is 0 Å². The lowest BCUT2D eigenvalue weighted by Crippen LogP contribution is -2.28. The third-order valence-electron chi connectivity index (χ3n) is 5.65. The Morgan fingerprint density at radius 3 is 2.34 bits per heavy atom. The zero-order valence-corrected chi connectivity index (χ0v) is 23.5. The predicted molar refractivity (Wildman–Crippen MR) is 160 cm³/mol. The molecule has 8 heteroatoms. The highest BCUT2D eigenvalue weighted by molar-refractivity contribution is 9.10. The Kier molecular flexibility index (Phi) is 8.17. The topological polar surface area (TPSA) is 51.1 Å². The minimum atomic E-state index is -0.144. The van der Waals surface area contributed by atoms with E-state index in [1.54, 1.807) is 12.0 Å². The number of amides is 1. The summed E-state index contributed by atoms with van der Waals surface area (Å²) in [6, 6.07) is 30.3. The van der Waals surface area contributed by atoms with E-state index >= 15 is 0 Å². The molecule has 38 heavy (non-hydrogen) atoms. The molecule has 1 aliphatic rings. The van der Waals surface area contributed by atoms with Crippen molar-refractivity contribution >= 4 is 67.8 Å². The molecule has 5 rings (SSSR count). The number of hydrogen-bond acceptors (Lipinski definition) is 5. The lowest BCUT2D eigenvalue weighted by molar-refractivity contribution is -0.113. The first-order valence-corrected chi connectivity index (χ1v) is 13.7. The van der Waals surface area contributed by atoms with Crippen LogP contribution in [0.1, 0.15) is 11.1 Å². The zero-order valence-electron chi connectivity index (χ0n) is 20.3. The fraction of sp³-hybridized carbons (Fsp3) is 0.0667. The summed E-state index contributed by atoms with van der Waals surface area (Å²) >= 11 is 10.9. The summed E-state index contributed by atoms with van der Waals surface area (Å²) in [4.78, 5) is 20.5. The third-order valence-corrected chi connectivity index (χ3v) is 7.46. The quantitative estimate of drug-likeness (QED) is 0.198. The summed E-state index contributed by atoms with van der Waals surface area (Å²) in [6.07, 6.45) is 1.84. The zero-order chi connectivity index (χ0) is 26.5. The maximum Gasteiger partial charge on any atom is 0.271 e. The number of carbonyl (C=O) groups excluding carboxylic acids is 1. The normalized spacial score (nSPS) is 15.3. The van der Waals surface area contributed by atoms with Gasteiger partial charge in [0.25, 0.3) is 5.91 Å². The molecule has 4 aromatic rings. The van der Waals surface area contributed by atoms with Crippen molar-refractivity contribution in [2.24, 2.45) is 4.99 Å². The van der Waals surface area contributed by atoms with Crippen molar-refractivity contribution in [3.63, 3.8) is 0 Å². The number of rotatable bonds is 7. The number of para-hydroxylation sites is 2. The first-order chi connectivity index (χ1) is 18.5. The van der Waals surface area contributed by atoms with Crippen LogP contribution in [0.5, 0.6) is 11.5 Å². The first-order valence-electron chi connectivity index (χ1n) is 11.7. The van der Waals surface area contributed by atoms with Gasteiger partial charge in [0, 0.05) is 5.02 Å². The number of hydrogen-bond donors (Lipinski definition) is 0. The number of thioether (sulfide) groups is 1. The molecule has 0 aromatic heterocycles. The summed E-state index contributed by atoms with van der Waals surface area (Å²) in [6.45, 7) is 0.353. The number of carbonyl (C=O) groups is 1. The Morgan fingerprint density at radius 1 is 0.974 bits per heavy atom. The predicted octanol–water partition coefficient (Wildman–Crippen LogP) is 8.50. The van der Waals surface area contributed by atoms with Crippen molar-refractivity contribution in [2.45, 2.75) is 6.61 Å². The van der Waals surface area contributed by atoms with Gasteiger partial charge in [-0.15, -0.1) is 0 Å². The van der Waals surface area contributed by atoms with E-state index in [0.717, 1.165) is 22.5 Å². The summed E-state index contributed by atoms with van der Waals surface area (Å²) in [5.41, 5.74) is 3.30. The van der Waals surface area contributed by atoms with E-state index in [1.807, 2.05) is 103 Å². The molecule has 1 fully saturated rings. The third kappa shape index (κ3) is 5.96. The van der Waals surface area contributed by atoms with E-state index in [0.29, 0.717) is 37.7 Å². The van der Waals surface area contributed by atoms with Gasteiger partial charge in [-0.25, -0.2) is 4.99 Å². The van der Waals surface area contributed by atoms with Crippen molar-refractivity contribution in [3.8, 4) is 11.5 Å². The van der Waals surface area contributed by atoms with E-state index in [9.17, 15) is 4.79 Å². The SMILES string of the molecule is COc1cc(/C=C2\SC(=Nc3ccccc3)N(c3ccccc3)C2=O)cc(Br)c1OCc1ccc(Cl)cc1. The number of amidine groups is 1. The van der Waals surface area contributed by atoms with Gasteiger partial charge in [-0.05, 0) is 93.4 Å². The van der Waals surface area contributed by atoms with Gasteiger partial charge in [0.05, 0.1) is 27.9 Å². The number of halogens is 2. The lowest BCUT2D eigenvalue weighted by Gasteiger charge is -2.15. The Hall–Kier alpha value is -3.52. The molecule has 5 nitrogen and oxygen atoms in total. The Morgan fingerprint density at radius 2 is 1.66 bits per heavy atom. The summed E-state index contributed by atoms with van der Waals surface area (Å²) in [5, 5.41) is 1.26. The molecule has 0 aliphatic carbocycles. The molecule has 1 aliphatic heterocycles. The van der Waals surface area contributed by atoms with Crippen molar-refractivity contribution in [3.05, 3.63) is 123 Å². The standard InChI is InChI=1S/C30H22BrClN2O3S/c1-36-26-17-21(16-25(31)28(26)37-19-20-12-14-22(32)15-13-20)18-27-29(35)34(24-10-6-3-7-11-24)30(38-27)33-23-8-4-2-5-9-23/h2-18H,19H2,1H3/b27-18-,33-30?. The highest BCUT2D eigenvalue weighted by atomic mass is 79.9. The molecule has 1 saturated heterocycles. The second-order valence-electron chi connectivity index (χ2n) is 8.27. The van der Waals surface area contributed by atoms with Crippen LogP contribution in [0.4, 0.5) is 11.4 Å². The van der Waals surface area contributed by atoms with E-state index in [1.165, 1.54) is 11.8 Å². The second kappa shape index (κ2) is 11.9. The maximum absolute atomic E-state index is 13.6. The van der Waals surface area contributed by atoms with Gasteiger partial charge in [0.2, 0.25) is 0 Å².